The lowest BCUT2D eigenvalue weighted by atomic mass is 10.5. The number of halogens is 2. The summed E-state index contributed by atoms with van der Waals surface area (Å²) < 4.78 is 1.42. The first-order valence-electron chi connectivity index (χ1n) is 4.10. The Morgan fingerprint density at radius 1 is 1.27 bits per heavy atom. The normalized spacial score (nSPS) is 10.6. The Hall–Kier alpha value is -1.33. The van der Waals surface area contributed by atoms with E-state index in [2.05, 4.69) is 15.3 Å². The zero-order chi connectivity index (χ0) is 11.0. The van der Waals surface area contributed by atoms with E-state index in [1.807, 2.05) is 0 Å². The van der Waals surface area contributed by atoms with E-state index in [1.165, 1.54) is 4.68 Å². The van der Waals surface area contributed by atoms with Gasteiger partial charge in [0.25, 0.3) is 0 Å². The van der Waals surface area contributed by atoms with Crippen molar-refractivity contribution in [3.05, 3.63) is 28.0 Å². The van der Waals surface area contributed by atoms with Gasteiger partial charge in [-0.2, -0.15) is 9.78 Å². The number of anilines is 1. The van der Waals surface area contributed by atoms with Crippen molar-refractivity contribution in [3.8, 4) is 5.82 Å². The van der Waals surface area contributed by atoms with Gasteiger partial charge in [-0.25, -0.2) is 0 Å². The first-order chi connectivity index (χ1) is 7.09. The Morgan fingerprint density at radius 3 is 2.47 bits per heavy atom. The molecule has 7 heteroatoms. The number of nitrogens with two attached hydrogens (primary N) is 1. The highest BCUT2D eigenvalue weighted by Crippen LogP contribution is 2.24. The van der Waals surface area contributed by atoms with Crippen LogP contribution in [0.4, 0.5) is 5.82 Å². The van der Waals surface area contributed by atoms with E-state index in [1.54, 1.807) is 19.1 Å². The quantitative estimate of drug-likeness (QED) is 0.831. The fraction of sp³-hybridized carbons (Fsp3) is 0.125. The minimum atomic E-state index is 0.312. The van der Waals surface area contributed by atoms with E-state index in [9.17, 15) is 0 Å². The average Bonchev–Trinajstić information content (AvgIpc) is 2.47. The number of aryl methyl sites for hydroxylation is 1. The molecule has 0 atom stereocenters. The molecule has 0 spiro atoms. The summed E-state index contributed by atoms with van der Waals surface area (Å²) in [4.78, 5) is 0. The van der Waals surface area contributed by atoms with E-state index >= 15 is 0 Å². The molecule has 2 N–H and O–H groups in total. The van der Waals surface area contributed by atoms with Crippen molar-refractivity contribution in [1.82, 2.24) is 20.0 Å². The molecule has 5 nitrogen and oxygen atoms in total. The van der Waals surface area contributed by atoms with Gasteiger partial charge in [0.2, 0.25) is 0 Å². The van der Waals surface area contributed by atoms with Crippen molar-refractivity contribution in [2.45, 2.75) is 6.92 Å². The second kappa shape index (κ2) is 3.67. The minimum Gasteiger partial charge on any atom is -0.382 e. The van der Waals surface area contributed by atoms with Crippen LogP contribution >= 0.6 is 23.2 Å². The summed E-state index contributed by atoms with van der Waals surface area (Å²) in [5.74, 6) is 0.817. The van der Waals surface area contributed by atoms with Crippen LogP contribution in [0.1, 0.15) is 5.69 Å². The maximum Gasteiger partial charge on any atom is 0.178 e. The lowest BCUT2D eigenvalue weighted by Crippen LogP contribution is -2.04. The van der Waals surface area contributed by atoms with Gasteiger partial charge in [-0.05, 0) is 19.1 Å². The average molecular weight is 244 g/mol. The molecule has 0 fully saturated rings. The third-order valence-electron chi connectivity index (χ3n) is 1.86. The number of nitrogens with zero attached hydrogens (tertiary/aromatic N) is 4. The molecule has 0 bridgehead atoms. The van der Waals surface area contributed by atoms with Crippen LogP contribution in [-0.4, -0.2) is 20.0 Å². The predicted molar refractivity (Wildman–Crippen MR) is 58.3 cm³/mol. The highest BCUT2D eigenvalue weighted by molar-refractivity contribution is 6.33. The van der Waals surface area contributed by atoms with Crippen LogP contribution < -0.4 is 5.73 Å². The molecule has 2 aromatic rings. The second-order valence-electron chi connectivity index (χ2n) is 2.91. The maximum atomic E-state index is 5.90. The first-order valence-corrected chi connectivity index (χ1v) is 4.85. The van der Waals surface area contributed by atoms with Crippen molar-refractivity contribution in [2.24, 2.45) is 0 Å². The molecule has 0 aliphatic rings. The topological polar surface area (TPSA) is 69.6 Å². The highest BCUT2D eigenvalue weighted by Gasteiger charge is 2.12. The fourth-order valence-electron chi connectivity index (χ4n) is 1.12. The Kier molecular flexibility index (Phi) is 2.50. The van der Waals surface area contributed by atoms with E-state index in [4.69, 9.17) is 28.9 Å². The van der Waals surface area contributed by atoms with E-state index in [-0.39, 0.29) is 0 Å². The molecule has 2 aromatic heterocycles. The summed E-state index contributed by atoms with van der Waals surface area (Å²) in [5.41, 5.74) is 6.39. The van der Waals surface area contributed by atoms with Crippen LogP contribution in [-0.2, 0) is 0 Å². The molecule has 0 saturated heterocycles. The summed E-state index contributed by atoms with van der Waals surface area (Å²) in [6.07, 6.45) is 0. The van der Waals surface area contributed by atoms with Gasteiger partial charge in [-0.3, -0.25) is 0 Å². The van der Waals surface area contributed by atoms with Gasteiger partial charge in [0.05, 0.1) is 5.69 Å². The number of aromatic nitrogens is 4. The zero-order valence-electron chi connectivity index (χ0n) is 7.78. The molecule has 2 heterocycles. The molecule has 0 aliphatic carbocycles. The van der Waals surface area contributed by atoms with Gasteiger partial charge in [-0.1, -0.05) is 23.2 Å². The van der Waals surface area contributed by atoms with E-state index < -0.39 is 0 Å². The summed E-state index contributed by atoms with van der Waals surface area (Å²) in [6.45, 7) is 1.76. The molecule has 0 amide bonds. The molecule has 15 heavy (non-hydrogen) atoms. The molecular formula is C8H7Cl2N5. The number of rotatable bonds is 1. The smallest absolute Gasteiger partial charge is 0.178 e. The first kappa shape index (κ1) is 10.2. The second-order valence-corrected chi connectivity index (χ2v) is 3.68. The summed E-state index contributed by atoms with van der Waals surface area (Å²) >= 11 is 11.5. The number of hydrogen-bond acceptors (Lipinski definition) is 4. The van der Waals surface area contributed by atoms with Gasteiger partial charge in [-0.15, -0.1) is 10.2 Å². The Bertz CT molecular complexity index is 490. The van der Waals surface area contributed by atoms with Crippen LogP contribution in [0.25, 0.3) is 5.82 Å². The monoisotopic (exact) mass is 243 g/mol. The van der Waals surface area contributed by atoms with Crippen LogP contribution in [0.15, 0.2) is 12.1 Å². The van der Waals surface area contributed by atoms with E-state index in [0.29, 0.717) is 27.5 Å². The van der Waals surface area contributed by atoms with Crippen LogP contribution in [0, 0.1) is 6.92 Å². The Balaban J connectivity index is 2.54. The van der Waals surface area contributed by atoms with Crippen molar-refractivity contribution in [1.29, 1.82) is 0 Å². The fourth-order valence-corrected chi connectivity index (χ4v) is 1.34. The lowest BCUT2D eigenvalue weighted by molar-refractivity contribution is 0.812. The van der Waals surface area contributed by atoms with Crippen molar-refractivity contribution >= 4 is 29.0 Å². The third kappa shape index (κ3) is 1.75. The van der Waals surface area contributed by atoms with Crippen LogP contribution in [0.3, 0.4) is 0 Å². The summed E-state index contributed by atoms with van der Waals surface area (Å²) in [6, 6.07) is 3.27. The van der Waals surface area contributed by atoms with Crippen molar-refractivity contribution in [2.75, 3.05) is 5.73 Å². The van der Waals surface area contributed by atoms with Gasteiger partial charge in [0.1, 0.15) is 10.8 Å². The van der Waals surface area contributed by atoms with Crippen LogP contribution in [0.2, 0.25) is 10.2 Å². The summed E-state index contributed by atoms with van der Waals surface area (Å²) in [5, 5.41) is 12.4. The SMILES string of the molecule is Cc1nn(-c2ccc(Cl)nn2)c(N)c1Cl. The van der Waals surface area contributed by atoms with Crippen LogP contribution in [0.5, 0.6) is 0 Å². The predicted octanol–water partition coefficient (Wildman–Crippen LogP) is 1.86. The molecule has 0 saturated carbocycles. The van der Waals surface area contributed by atoms with E-state index in [0.717, 1.165) is 0 Å². The van der Waals surface area contributed by atoms with Gasteiger partial charge >= 0.3 is 0 Å². The maximum absolute atomic E-state index is 5.90. The van der Waals surface area contributed by atoms with Crippen molar-refractivity contribution in [3.63, 3.8) is 0 Å². The highest BCUT2D eigenvalue weighted by atomic mass is 35.5. The van der Waals surface area contributed by atoms with Gasteiger partial charge in [0.15, 0.2) is 11.0 Å². The van der Waals surface area contributed by atoms with Gasteiger partial charge in [0, 0.05) is 0 Å². The lowest BCUT2D eigenvalue weighted by Gasteiger charge is -2.00. The molecule has 0 unspecified atom stereocenters. The van der Waals surface area contributed by atoms with Gasteiger partial charge < -0.3 is 5.73 Å². The van der Waals surface area contributed by atoms with Crippen molar-refractivity contribution < 1.29 is 0 Å². The molecule has 78 valence electrons. The molecule has 0 radical (unpaired) electrons. The summed E-state index contributed by atoms with van der Waals surface area (Å²) in [7, 11) is 0. The standard InChI is InChI=1S/C8H7Cl2N5/c1-4-7(10)8(11)15(14-4)6-3-2-5(9)12-13-6/h2-3H,11H2,1H3. The molecule has 0 aliphatic heterocycles. The zero-order valence-corrected chi connectivity index (χ0v) is 9.29. The molecule has 2 rings (SSSR count). The molecular weight excluding hydrogens is 237 g/mol. The minimum absolute atomic E-state index is 0.312. The third-order valence-corrected chi connectivity index (χ3v) is 2.52. The number of nitrogen functional groups attached to an aromatic ring is 1. The Labute approximate surface area is 95.8 Å². The number of hydrogen-bond donors (Lipinski definition) is 1. The molecule has 0 aromatic carbocycles. The largest absolute Gasteiger partial charge is 0.382 e. The Morgan fingerprint density at radius 2 is 2.00 bits per heavy atom.